The van der Waals surface area contributed by atoms with Crippen molar-refractivity contribution in [2.45, 2.75) is 19.5 Å². The van der Waals surface area contributed by atoms with Crippen molar-refractivity contribution in [3.05, 3.63) is 64.2 Å². The summed E-state index contributed by atoms with van der Waals surface area (Å²) in [4.78, 5) is 23.9. The number of pyridine rings is 1. The summed E-state index contributed by atoms with van der Waals surface area (Å²) >= 11 is 0. The average Bonchev–Trinajstić information content (AvgIpc) is 3.18. The van der Waals surface area contributed by atoms with Crippen molar-refractivity contribution in [1.29, 1.82) is 0 Å². The third-order valence-corrected chi connectivity index (χ3v) is 3.50. The Morgan fingerprint density at radius 3 is 2.88 bits per heavy atom. The largest absolute Gasteiger partial charge is 0.454 e. The molecule has 9 heteroatoms. The molecule has 3 aromatic heterocycles. The van der Waals surface area contributed by atoms with E-state index in [2.05, 4.69) is 20.8 Å². The average molecular weight is 328 g/mol. The summed E-state index contributed by atoms with van der Waals surface area (Å²) < 4.78 is 8.50. The van der Waals surface area contributed by atoms with Crippen molar-refractivity contribution < 1.29 is 9.21 Å². The van der Waals surface area contributed by atoms with E-state index in [1.807, 2.05) is 0 Å². The summed E-state index contributed by atoms with van der Waals surface area (Å²) in [6.07, 6.45) is 1.66. The minimum absolute atomic E-state index is 0.136. The second kappa shape index (κ2) is 6.49. The molecule has 0 bridgehead atoms. The van der Waals surface area contributed by atoms with Gasteiger partial charge in [-0.3, -0.25) is 9.59 Å². The van der Waals surface area contributed by atoms with Crippen LogP contribution in [0, 0.1) is 0 Å². The van der Waals surface area contributed by atoms with E-state index >= 15 is 0 Å². The molecular weight excluding hydrogens is 312 g/mol. The van der Waals surface area contributed by atoms with Crippen molar-refractivity contribution in [1.82, 2.24) is 30.1 Å². The van der Waals surface area contributed by atoms with E-state index in [1.54, 1.807) is 44.4 Å². The molecular formula is C15H16N6O3. The van der Waals surface area contributed by atoms with Crippen molar-refractivity contribution >= 4 is 5.91 Å². The Bertz CT molecular complexity index is 910. The summed E-state index contributed by atoms with van der Waals surface area (Å²) in [5, 5.41) is 13.9. The molecule has 9 nitrogen and oxygen atoms in total. The summed E-state index contributed by atoms with van der Waals surface area (Å²) in [6.45, 7) is 2.03. The van der Waals surface area contributed by atoms with Crippen LogP contribution in [0.3, 0.4) is 0 Å². The van der Waals surface area contributed by atoms with Crippen LogP contribution in [0.25, 0.3) is 0 Å². The van der Waals surface area contributed by atoms with Gasteiger partial charge in [-0.1, -0.05) is 6.07 Å². The standard InChI is InChI=1S/C15H16N6O3/c1-10(14-17-18-19-20(14)2)16-15(23)12-7-6-11(24-12)9-21-8-4-3-5-13(21)22/h3-8,10H,9H2,1-2H3,(H,16,23)/t10-/m0/s1. The molecule has 0 fully saturated rings. The highest BCUT2D eigenvalue weighted by molar-refractivity contribution is 5.91. The molecule has 0 aliphatic carbocycles. The number of furan rings is 1. The van der Waals surface area contributed by atoms with Gasteiger partial charge in [0.25, 0.3) is 11.5 Å². The molecule has 3 aromatic rings. The minimum Gasteiger partial charge on any atom is -0.454 e. The van der Waals surface area contributed by atoms with Gasteiger partial charge < -0.3 is 14.3 Å². The van der Waals surface area contributed by atoms with Gasteiger partial charge in [-0.25, -0.2) is 4.68 Å². The minimum atomic E-state index is -0.378. The van der Waals surface area contributed by atoms with E-state index in [0.717, 1.165) is 0 Å². The molecule has 3 heterocycles. The molecule has 0 aliphatic rings. The fourth-order valence-electron chi connectivity index (χ4n) is 2.28. The van der Waals surface area contributed by atoms with Gasteiger partial charge in [0.05, 0.1) is 12.6 Å². The first-order chi connectivity index (χ1) is 11.5. The molecule has 0 saturated heterocycles. The number of nitrogens with zero attached hydrogens (tertiary/aromatic N) is 5. The summed E-state index contributed by atoms with van der Waals surface area (Å²) in [7, 11) is 1.70. The number of amides is 1. The van der Waals surface area contributed by atoms with E-state index in [1.165, 1.54) is 15.3 Å². The van der Waals surface area contributed by atoms with Crippen LogP contribution in [0.4, 0.5) is 0 Å². The zero-order chi connectivity index (χ0) is 17.1. The number of hydrogen-bond acceptors (Lipinski definition) is 6. The molecule has 0 aromatic carbocycles. The molecule has 24 heavy (non-hydrogen) atoms. The lowest BCUT2D eigenvalue weighted by Gasteiger charge is -2.10. The van der Waals surface area contributed by atoms with E-state index in [9.17, 15) is 9.59 Å². The SMILES string of the molecule is C[C@H](NC(=O)c1ccc(Cn2ccccc2=O)o1)c1nnnn1C. The number of tetrazole rings is 1. The second-order valence-corrected chi connectivity index (χ2v) is 5.29. The maximum Gasteiger partial charge on any atom is 0.287 e. The summed E-state index contributed by atoms with van der Waals surface area (Å²) in [6, 6.07) is 7.76. The molecule has 0 unspecified atom stereocenters. The zero-order valence-electron chi connectivity index (χ0n) is 13.2. The fraction of sp³-hybridized carbons (Fsp3) is 0.267. The molecule has 124 valence electrons. The van der Waals surface area contributed by atoms with E-state index in [4.69, 9.17) is 4.42 Å². The molecule has 0 spiro atoms. The van der Waals surface area contributed by atoms with Crippen LogP contribution >= 0.6 is 0 Å². The number of nitrogens with one attached hydrogen (secondary N) is 1. The van der Waals surface area contributed by atoms with Gasteiger partial charge in [-0.15, -0.1) is 5.10 Å². The number of hydrogen-bond donors (Lipinski definition) is 1. The van der Waals surface area contributed by atoms with Crippen LogP contribution in [0.15, 0.2) is 45.7 Å². The smallest absolute Gasteiger partial charge is 0.287 e. The number of aryl methyl sites for hydroxylation is 1. The Labute approximate surface area is 136 Å². The van der Waals surface area contributed by atoms with Gasteiger partial charge >= 0.3 is 0 Å². The van der Waals surface area contributed by atoms with Crippen molar-refractivity contribution in [3.63, 3.8) is 0 Å². The highest BCUT2D eigenvalue weighted by Gasteiger charge is 2.18. The topological polar surface area (TPSA) is 108 Å². The summed E-state index contributed by atoms with van der Waals surface area (Å²) in [5.41, 5.74) is -0.136. The van der Waals surface area contributed by atoms with Gasteiger partial charge in [0, 0.05) is 19.3 Å². The Morgan fingerprint density at radius 2 is 2.17 bits per heavy atom. The lowest BCUT2D eigenvalue weighted by atomic mass is 10.3. The van der Waals surface area contributed by atoms with Gasteiger partial charge in [-0.2, -0.15) is 0 Å². The molecule has 1 atom stereocenters. The Morgan fingerprint density at radius 1 is 1.33 bits per heavy atom. The van der Waals surface area contributed by atoms with Crippen LogP contribution in [0.5, 0.6) is 0 Å². The van der Waals surface area contributed by atoms with E-state index in [0.29, 0.717) is 11.6 Å². The molecule has 0 aliphatic heterocycles. The van der Waals surface area contributed by atoms with E-state index in [-0.39, 0.29) is 29.8 Å². The third-order valence-electron chi connectivity index (χ3n) is 3.50. The number of carbonyl (C=O) groups is 1. The quantitative estimate of drug-likeness (QED) is 0.731. The maximum absolute atomic E-state index is 12.2. The van der Waals surface area contributed by atoms with Crippen molar-refractivity contribution in [2.75, 3.05) is 0 Å². The van der Waals surface area contributed by atoms with Gasteiger partial charge in [0.2, 0.25) is 0 Å². The Balaban J connectivity index is 1.69. The third kappa shape index (κ3) is 3.24. The van der Waals surface area contributed by atoms with Crippen molar-refractivity contribution in [3.8, 4) is 0 Å². The first-order valence-electron chi connectivity index (χ1n) is 7.32. The highest BCUT2D eigenvalue weighted by atomic mass is 16.4. The normalized spacial score (nSPS) is 12.1. The van der Waals surface area contributed by atoms with Gasteiger partial charge in [0.1, 0.15) is 5.76 Å². The Hall–Kier alpha value is -3.23. The zero-order valence-corrected chi connectivity index (χ0v) is 13.2. The molecule has 0 radical (unpaired) electrons. The first-order valence-corrected chi connectivity index (χ1v) is 7.32. The number of carbonyl (C=O) groups excluding carboxylic acids is 1. The highest BCUT2D eigenvalue weighted by Crippen LogP contribution is 2.12. The Kier molecular flexibility index (Phi) is 4.23. The van der Waals surface area contributed by atoms with Crippen LogP contribution in [-0.2, 0) is 13.6 Å². The number of aromatic nitrogens is 5. The molecule has 0 saturated carbocycles. The first kappa shape index (κ1) is 15.7. The van der Waals surface area contributed by atoms with Gasteiger partial charge in [-0.05, 0) is 35.5 Å². The molecule has 1 amide bonds. The predicted molar refractivity (Wildman–Crippen MR) is 83.2 cm³/mol. The lowest BCUT2D eigenvalue weighted by molar-refractivity contribution is 0.0907. The van der Waals surface area contributed by atoms with Crippen LogP contribution in [0.1, 0.15) is 35.1 Å². The van der Waals surface area contributed by atoms with Crippen LogP contribution in [0.2, 0.25) is 0 Å². The monoisotopic (exact) mass is 328 g/mol. The van der Waals surface area contributed by atoms with Gasteiger partial charge in [0.15, 0.2) is 11.6 Å². The summed E-state index contributed by atoms with van der Waals surface area (Å²) in [5.74, 6) is 0.834. The molecule has 1 N–H and O–H groups in total. The fourth-order valence-corrected chi connectivity index (χ4v) is 2.28. The van der Waals surface area contributed by atoms with Crippen LogP contribution in [-0.4, -0.2) is 30.7 Å². The maximum atomic E-state index is 12.2. The van der Waals surface area contributed by atoms with Crippen molar-refractivity contribution in [2.24, 2.45) is 7.05 Å². The predicted octanol–water partition coefficient (Wildman–Crippen LogP) is 0.504. The lowest BCUT2D eigenvalue weighted by Crippen LogP contribution is -2.28. The van der Waals surface area contributed by atoms with Crippen LogP contribution < -0.4 is 10.9 Å². The second-order valence-electron chi connectivity index (χ2n) is 5.29. The molecule has 3 rings (SSSR count). The van der Waals surface area contributed by atoms with E-state index < -0.39 is 0 Å². The number of rotatable bonds is 5.